The molecule has 1 aliphatic heterocycles. The molecule has 1 aromatic carbocycles. The van der Waals surface area contributed by atoms with E-state index in [0.717, 1.165) is 22.4 Å². The molecule has 1 aliphatic carbocycles. The Morgan fingerprint density at radius 2 is 2.28 bits per heavy atom. The lowest BCUT2D eigenvalue weighted by Gasteiger charge is -2.28. The van der Waals surface area contributed by atoms with Gasteiger partial charge in [0.25, 0.3) is 0 Å². The predicted molar refractivity (Wildman–Crippen MR) is 95.2 cm³/mol. The minimum atomic E-state index is -0.503. The first-order chi connectivity index (χ1) is 12.0. The number of hydrogen-bond acceptors (Lipinski definition) is 3. The van der Waals surface area contributed by atoms with E-state index in [1.807, 2.05) is 19.3 Å². The molecule has 1 aromatic heterocycles. The molecular formula is C18H17BrFN3O2. The highest BCUT2D eigenvalue weighted by Crippen LogP contribution is 2.45. The quantitative estimate of drug-likeness (QED) is 0.834. The first kappa shape index (κ1) is 16.5. The second kappa shape index (κ2) is 6.07. The van der Waals surface area contributed by atoms with Crippen LogP contribution in [0.2, 0.25) is 0 Å². The monoisotopic (exact) mass is 405 g/mol. The van der Waals surface area contributed by atoms with E-state index >= 15 is 0 Å². The maximum absolute atomic E-state index is 14.7. The smallest absolute Gasteiger partial charge is 0.248 e. The maximum atomic E-state index is 14.7. The summed E-state index contributed by atoms with van der Waals surface area (Å²) in [5.41, 5.74) is 5.33. The second-order valence-electron chi connectivity index (χ2n) is 6.43. The number of aryl methyl sites for hydroxylation is 1. The van der Waals surface area contributed by atoms with Crippen molar-refractivity contribution >= 4 is 27.4 Å². The Bertz CT molecular complexity index is 919. The molecule has 0 fully saturated rings. The number of aromatic nitrogens is 2. The number of nitrogens with zero attached hydrogens (tertiary/aromatic N) is 3. The number of fused-ring (bicyclic) bond motifs is 2. The molecule has 0 saturated heterocycles. The van der Waals surface area contributed by atoms with Gasteiger partial charge in [-0.05, 0) is 52.0 Å². The standard InChI is InChI=1S/C18H17BrFN3O2/c1-22-4-3-15(21-22)11-7-14(19)18(20)12-6-10-2-5-23(16(25)9-24)8-13(10)17(11)12/h3-4,7,24H,2,5-6,8-9H2,1H3. The summed E-state index contributed by atoms with van der Waals surface area (Å²) < 4.78 is 16.9. The van der Waals surface area contributed by atoms with Gasteiger partial charge in [0.1, 0.15) is 12.4 Å². The fourth-order valence-electron chi connectivity index (χ4n) is 3.73. The van der Waals surface area contributed by atoms with Crippen LogP contribution >= 0.6 is 15.9 Å². The molecule has 2 aliphatic rings. The summed E-state index contributed by atoms with van der Waals surface area (Å²) in [5, 5.41) is 13.6. The van der Waals surface area contributed by atoms with Crippen molar-refractivity contribution in [2.45, 2.75) is 12.8 Å². The van der Waals surface area contributed by atoms with Crippen molar-refractivity contribution in [1.82, 2.24) is 14.7 Å². The van der Waals surface area contributed by atoms with Crippen LogP contribution in [0.3, 0.4) is 0 Å². The van der Waals surface area contributed by atoms with Crippen LogP contribution in [0.4, 0.5) is 4.39 Å². The topological polar surface area (TPSA) is 58.4 Å². The average molecular weight is 406 g/mol. The highest BCUT2D eigenvalue weighted by Gasteiger charge is 2.33. The summed E-state index contributed by atoms with van der Waals surface area (Å²) in [4.78, 5) is 13.5. The summed E-state index contributed by atoms with van der Waals surface area (Å²) in [5.74, 6) is -0.541. The van der Waals surface area contributed by atoms with Gasteiger partial charge in [-0.1, -0.05) is 5.57 Å². The molecule has 25 heavy (non-hydrogen) atoms. The third-order valence-electron chi connectivity index (χ3n) is 4.95. The van der Waals surface area contributed by atoms with Crippen molar-refractivity contribution in [1.29, 1.82) is 0 Å². The van der Waals surface area contributed by atoms with E-state index in [1.165, 1.54) is 5.57 Å². The lowest BCUT2D eigenvalue weighted by Crippen LogP contribution is -2.37. The van der Waals surface area contributed by atoms with Gasteiger partial charge in [-0.2, -0.15) is 5.10 Å². The molecular weight excluding hydrogens is 389 g/mol. The van der Waals surface area contributed by atoms with Gasteiger partial charge in [-0.15, -0.1) is 0 Å². The molecule has 0 radical (unpaired) electrons. The highest BCUT2D eigenvalue weighted by molar-refractivity contribution is 9.10. The largest absolute Gasteiger partial charge is 0.387 e. The Morgan fingerprint density at radius 1 is 1.48 bits per heavy atom. The van der Waals surface area contributed by atoms with Crippen LogP contribution < -0.4 is 0 Å². The van der Waals surface area contributed by atoms with Crippen LogP contribution in [-0.2, 0) is 18.3 Å². The van der Waals surface area contributed by atoms with Crippen LogP contribution in [0, 0.1) is 5.82 Å². The Labute approximate surface area is 152 Å². The van der Waals surface area contributed by atoms with Crippen molar-refractivity contribution in [2.24, 2.45) is 7.05 Å². The van der Waals surface area contributed by atoms with E-state index in [4.69, 9.17) is 5.11 Å². The summed E-state index contributed by atoms with van der Waals surface area (Å²) in [6.07, 6.45) is 3.12. The number of benzene rings is 1. The summed E-state index contributed by atoms with van der Waals surface area (Å²) in [7, 11) is 1.84. The minimum absolute atomic E-state index is 0.246. The molecule has 0 spiro atoms. The van der Waals surface area contributed by atoms with E-state index in [0.29, 0.717) is 36.0 Å². The number of hydrogen-bond donors (Lipinski definition) is 1. The van der Waals surface area contributed by atoms with Gasteiger partial charge in [0.2, 0.25) is 5.91 Å². The molecule has 1 amide bonds. The van der Waals surface area contributed by atoms with Crippen molar-refractivity contribution in [3.8, 4) is 11.3 Å². The molecule has 5 nitrogen and oxygen atoms in total. The minimum Gasteiger partial charge on any atom is -0.387 e. The number of halogens is 2. The Hall–Kier alpha value is -1.99. The third-order valence-corrected chi connectivity index (χ3v) is 5.52. The first-order valence-corrected chi connectivity index (χ1v) is 8.89. The molecule has 0 saturated carbocycles. The first-order valence-electron chi connectivity index (χ1n) is 8.10. The number of carbonyl (C=O) groups excluding carboxylic acids is 1. The highest BCUT2D eigenvalue weighted by atomic mass is 79.9. The van der Waals surface area contributed by atoms with Crippen molar-refractivity contribution < 1.29 is 14.3 Å². The van der Waals surface area contributed by atoms with Gasteiger partial charge >= 0.3 is 0 Å². The van der Waals surface area contributed by atoms with E-state index in [2.05, 4.69) is 21.0 Å². The van der Waals surface area contributed by atoms with Crippen LogP contribution in [0.1, 0.15) is 17.5 Å². The Morgan fingerprint density at radius 3 is 2.96 bits per heavy atom. The molecule has 0 bridgehead atoms. The number of amides is 1. The van der Waals surface area contributed by atoms with Gasteiger partial charge in [0, 0.05) is 37.5 Å². The fourth-order valence-corrected chi connectivity index (χ4v) is 4.20. The third kappa shape index (κ3) is 2.62. The van der Waals surface area contributed by atoms with Crippen LogP contribution in [0.5, 0.6) is 0 Å². The number of aliphatic hydroxyl groups is 1. The predicted octanol–water partition coefficient (Wildman–Crippen LogP) is 2.52. The molecule has 1 N–H and O–H groups in total. The average Bonchev–Trinajstić information content (AvgIpc) is 3.20. The van der Waals surface area contributed by atoms with E-state index in [9.17, 15) is 9.18 Å². The molecule has 0 unspecified atom stereocenters. The number of rotatable bonds is 2. The zero-order chi connectivity index (χ0) is 17.7. The van der Waals surface area contributed by atoms with Gasteiger partial charge in [-0.25, -0.2) is 4.39 Å². The summed E-state index contributed by atoms with van der Waals surface area (Å²) in [6, 6.07) is 3.66. The van der Waals surface area contributed by atoms with Gasteiger partial charge in [0.15, 0.2) is 0 Å². The molecule has 2 heterocycles. The zero-order valence-electron chi connectivity index (χ0n) is 13.7. The molecule has 4 rings (SSSR count). The zero-order valence-corrected chi connectivity index (χ0v) is 15.3. The Kier molecular flexibility index (Phi) is 4.00. The normalized spacial score (nSPS) is 16.2. The molecule has 2 aromatic rings. The van der Waals surface area contributed by atoms with Crippen LogP contribution in [-0.4, -0.2) is 45.4 Å². The number of aliphatic hydroxyl groups excluding tert-OH is 1. The van der Waals surface area contributed by atoms with Gasteiger partial charge < -0.3 is 10.0 Å². The molecule has 7 heteroatoms. The van der Waals surface area contributed by atoms with Gasteiger partial charge in [0.05, 0.1) is 10.2 Å². The SMILES string of the molecule is Cn1ccc(-c2cc(Br)c(F)c3c2C2=C(CCN(C(=O)CO)C2)C3)n1. The maximum Gasteiger partial charge on any atom is 0.248 e. The van der Waals surface area contributed by atoms with Gasteiger partial charge in [-0.3, -0.25) is 9.48 Å². The second-order valence-corrected chi connectivity index (χ2v) is 7.28. The van der Waals surface area contributed by atoms with Crippen molar-refractivity contribution in [3.05, 3.63) is 45.3 Å². The van der Waals surface area contributed by atoms with Crippen molar-refractivity contribution in [3.63, 3.8) is 0 Å². The van der Waals surface area contributed by atoms with E-state index in [-0.39, 0.29) is 11.7 Å². The molecule has 130 valence electrons. The fraction of sp³-hybridized carbons (Fsp3) is 0.333. The van der Waals surface area contributed by atoms with Crippen LogP contribution in [0.15, 0.2) is 28.4 Å². The molecule has 0 atom stereocenters. The Balaban J connectivity index is 1.86. The van der Waals surface area contributed by atoms with E-state index < -0.39 is 6.61 Å². The van der Waals surface area contributed by atoms with Crippen LogP contribution in [0.25, 0.3) is 16.8 Å². The summed E-state index contributed by atoms with van der Waals surface area (Å²) in [6.45, 7) is 0.466. The van der Waals surface area contributed by atoms with E-state index in [1.54, 1.807) is 15.6 Å². The summed E-state index contributed by atoms with van der Waals surface area (Å²) >= 11 is 3.32. The number of carbonyl (C=O) groups is 1. The van der Waals surface area contributed by atoms with Crippen molar-refractivity contribution in [2.75, 3.05) is 19.7 Å². The lowest BCUT2D eigenvalue weighted by atomic mass is 9.94. The lowest BCUT2D eigenvalue weighted by molar-refractivity contribution is -0.133.